The van der Waals surface area contributed by atoms with Crippen LogP contribution in [-0.4, -0.2) is 46.5 Å². The number of nitrogens with zero attached hydrogens (tertiary/aromatic N) is 2. The molecule has 0 aliphatic heterocycles. The second-order valence-electron chi connectivity index (χ2n) is 3.55. The summed E-state index contributed by atoms with van der Waals surface area (Å²) in [6, 6.07) is 0. The van der Waals surface area contributed by atoms with Gasteiger partial charge in [0.15, 0.2) is 5.13 Å². The Morgan fingerprint density at radius 3 is 2.94 bits per heavy atom. The molecule has 0 saturated carbocycles. The summed E-state index contributed by atoms with van der Waals surface area (Å²) in [5, 5.41) is 13.6. The fourth-order valence-corrected chi connectivity index (χ4v) is 1.86. The Hall–Kier alpha value is -1.73. The van der Waals surface area contributed by atoms with E-state index in [9.17, 15) is 9.59 Å². The number of hydrogen-bond donors (Lipinski definition) is 2. The van der Waals surface area contributed by atoms with Gasteiger partial charge >= 0.3 is 5.97 Å². The quantitative estimate of drug-likeness (QED) is 0.689. The van der Waals surface area contributed by atoms with Crippen molar-refractivity contribution >= 4 is 28.3 Å². The lowest BCUT2D eigenvalue weighted by Crippen LogP contribution is -2.34. The Labute approximate surface area is 109 Å². The van der Waals surface area contributed by atoms with E-state index in [2.05, 4.69) is 16.9 Å². The van der Waals surface area contributed by atoms with Gasteiger partial charge in [-0.2, -0.15) is 0 Å². The number of carbonyl (C=O) groups is 2. The highest BCUT2D eigenvalue weighted by molar-refractivity contribution is 7.13. The number of aliphatic carboxylic acids is 1. The summed E-state index contributed by atoms with van der Waals surface area (Å²) in [6.07, 6.45) is 3.24. The zero-order valence-corrected chi connectivity index (χ0v) is 10.7. The molecule has 98 valence electrons. The molecule has 0 fully saturated rings. The number of carboxylic acid groups (broad SMARTS) is 1. The van der Waals surface area contributed by atoms with Gasteiger partial charge in [-0.1, -0.05) is 6.08 Å². The van der Waals surface area contributed by atoms with Crippen molar-refractivity contribution < 1.29 is 14.7 Å². The van der Waals surface area contributed by atoms with Crippen molar-refractivity contribution in [1.29, 1.82) is 0 Å². The van der Waals surface area contributed by atoms with Gasteiger partial charge in [-0.25, -0.2) is 4.98 Å². The summed E-state index contributed by atoms with van der Waals surface area (Å²) in [4.78, 5) is 27.8. The Bertz CT molecular complexity index is 406. The summed E-state index contributed by atoms with van der Waals surface area (Å²) in [7, 11) is 0. The van der Waals surface area contributed by atoms with Gasteiger partial charge in [0.25, 0.3) is 0 Å². The third-order valence-corrected chi connectivity index (χ3v) is 2.76. The highest BCUT2D eigenvalue weighted by Crippen LogP contribution is 2.09. The lowest BCUT2D eigenvalue weighted by molar-refractivity contribution is -0.137. The first kappa shape index (κ1) is 14.3. The molecule has 0 saturated heterocycles. The van der Waals surface area contributed by atoms with Crippen LogP contribution in [0.5, 0.6) is 0 Å². The van der Waals surface area contributed by atoms with Gasteiger partial charge in [0, 0.05) is 24.7 Å². The predicted molar refractivity (Wildman–Crippen MR) is 69.6 cm³/mol. The first-order valence-corrected chi connectivity index (χ1v) is 6.24. The maximum atomic E-state index is 11.7. The molecule has 0 atom stereocenters. The lowest BCUT2D eigenvalue weighted by Gasteiger charge is -2.18. The van der Waals surface area contributed by atoms with Crippen molar-refractivity contribution in [3.05, 3.63) is 24.2 Å². The first-order chi connectivity index (χ1) is 8.61. The molecule has 0 aliphatic carbocycles. The molecule has 0 aromatic carbocycles. The summed E-state index contributed by atoms with van der Waals surface area (Å²) in [5.74, 6) is -1.10. The molecular weight excluding hydrogens is 254 g/mol. The molecule has 1 amide bonds. The molecule has 0 unspecified atom stereocenters. The summed E-state index contributed by atoms with van der Waals surface area (Å²) in [5.41, 5.74) is 0. The average molecular weight is 269 g/mol. The van der Waals surface area contributed by atoms with Gasteiger partial charge in [-0.15, -0.1) is 17.9 Å². The maximum Gasteiger partial charge on any atom is 0.304 e. The second kappa shape index (κ2) is 7.57. The molecule has 1 rings (SSSR count). The van der Waals surface area contributed by atoms with Gasteiger partial charge < -0.3 is 10.4 Å². The van der Waals surface area contributed by atoms with Crippen LogP contribution in [0.1, 0.15) is 6.42 Å². The van der Waals surface area contributed by atoms with Gasteiger partial charge in [-0.3, -0.25) is 14.5 Å². The Morgan fingerprint density at radius 1 is 1.61 bits per heavy atom. The van der Waals surface area contributed by atoms with E-state index in [1.165, 1.54) is 11.3 Å². The fourth-order valence-electron chi connectivity index (χ4n) is 1.32. The van der Waals surface area contributed by atoms with Crippen molar-refractivity contribution in [2.24, 2.45) is 0 Å². The van der Waals surface area contributed by atoms with Gasteiger partial charge in [-0.05, 0) is 0 Å². The number of thiazole rings is 1. The Morgan fingerprint density at radius 2 is 2.39 bits per heavy atom. The fraction of sp³-hybridized carbons (Fsp3) is 0.364. The summed E-state index contributed by atoms with van der Waals surface area (Å²) in [6.45, 7) is 4.49. The molecular formula is C11H15N3O3S. The molecule has 1 heterocycles. The van der Waals surface area contributed by atoms with Crippen molar-refractivity contribution in [1.82, 2.24) is 9.88 Å². The molecule has 1 aromatic rings. The molecule has 0 bridgehead atoms. The molecule has 0 aliphatic rings. The van der Waals surface area contributed by atoms with E-state index in [0.717, 1.165) is 0 Å². The first-order valence-electron chi connectivity index (χ1n) is 5.36. The van der Waals surface area contributed by atoms with Crippen LogP contribution in [0.3, 0.4) is 0 Å². The number of carbonyl (C=O) groups excluding carboxylic acids is 1. The molecule has 0 spiro atoms. The van der Waals surface area contributed by atoms with Crippen LogP contribution < -0.4 is 5.32 Å². The maximum absolute atomic E-state index is 11.7. The van der Waals surface area contributed by atoms with Crippen molar-refractivity contribution in [3.63, 3.8) is 0 Å². The van der Waals surface area contributed by atoms with Gasteiger partial charge in [0.2, 0.25) is 5.91 Å². The predicted octanol–water partition coefficient (Wildman–Crippen LogP) is 1.04. The van der Waals surface area contributed by atoms with E-state index in [1.54, 1.807) is 22.6 Å². The number of aromatic nitrogens is 1. The standard InChI is InChI=1S/C11H15N3O3S/c1-2-5-14(6-3-10(16)17)8-9(15)13-11-12-4-7-18-11/h2,4,7H,1,3,5-6,8H2,(H,16,17)(H,12,13,15). The van der Waals surface area contributed by atoms with E-state index in [0.29, 0.717) is 18.2 Å². The number of carboxylic acids is 1. The SMILES string of the molecule is C=CCN(CCC(=O)O)CC(=O)Nc1nccs1. The molecule has 18 heavy (non-hydrogen) atoms. The number of hydrogen-bond acceptors (Lipinski definition) is 5. The topological polar surface area (TPSA) is 82.5 Å². The second-order valence-corrected chi connectivity index (χ2v) is 4.45. The number of nitrogens with one attached hydrogen (secondary N) is 1. The van der Waals surface area contributed by atoms with E-state index >= 15 is 0 Å². The van der Waals surface area contributed by atoms with E-state index < -0.39 is 5.97 Å². The lowest BCUT2D eigenvalue weighted by atomic mass is 10.3. The molecule has 2 N–H and O–H groups in total. The monoisotopic (exact) mass is 269 g/mol. The Kier molecular flexibility index (Phi) is 6.03. The van der Waals surface area contributed by atoms with Crippen LogP contribution in [0.4, 0.5) is 5.13 Å². The van der Waals surface area contributed by atoms with E-state index in [1.807, 2.05) is 0 Å². The normalized spacial score (nSPS) is 10.3. The van der Waals surface area contributed by atoms with Crippen molar-refractivity contribution in [2.45, 2.75) is 6.42 Å². The smallest absolute Gasteiger partial charge is 0.304 e. The number of rotatable bonds is 8. The minimum absolute atomic E-state index is 0.00162. The third-order valence-electron chi connectivity index (χ3n) is 2.08. The number of amides is 1. The molecule has 1 aromatic heterocycles. The van der Waals surface area contributed by atoms with E-state index in [-0.39, 0.29) is 18.9 Å². The van der Waals surface area contributed by atoms with Crippen LogP contribution >= 0.6 is 11.3 Å². The van der Waals surface area contributed by atoms with Crippen LogP contribution in [0, 0.1) is 0 Å². The summed E-state index contributed by atoms with van der Waals surface area (Å²) >= 11 is 1.33. The van der Waals surface area contributed by atoms with Crippen LogP contribution in [0.25, 0.3) is 0 Å². The average Bonchev–Trinajstić information content (AvgIpc) is 2.78. The van der Waals surface area contributed by atoms with Crippen molar-refractivity contribution in [2.75, 3.05) is 25.0 Å². The highest BCUT2D eigenvalue weighted by atomic mass is 32.1. The third kappa shape index (κ3) is 5.55. The summed E-state index contributed by atoms with van der Waals surface area (Å²) < 4.78 is 0. The minimum Gasteiger partial charge on any atom is -0.481 e. The molecule has 7 heteroatoms. The minimum atomic E-state index is -0.885. The van der Waals surface area contributed by atoms with Crippen molar-refractivity contribution in [3.8, 4) is 0 Å². The van der Waals surface area contributed by atoms with Gasteiger partial charge in [0.05, 0.1) is 13.0 Å². The highest BCUT2D eigenvalue weighted by Gasteiger charge is 2.11. The van der Waals surface area contributed by atoms with Crippen LogP contribution in [-0.2, 0) is 9.59 Å². The largest absolute Gasteiger partial charge is 0.481 e. The van der Waals surface area contributed by atoms with Crippen LogP contribution in [0.15, 0.2) is 24.2 Å². The van der Waals surface area contributed by atoms with E-state index in [4.69, 9.17) is 5.11 Å². The number of anilines is 1. The molecule has 0 radical (unpaired) electrons. The zero-order valence-electron chi connectivity index (χ0n) is 9.83. The van der Waals surface area contributed by atoms with Crippen LogP contribution in [0.2, 0.25) is 0 Å². The Balaban J connectivity index is 2.41. The molecule has 6 nitrogen and oxygen atoms in total. The zero-order chi connectivity index (χ0) is 13.4. The van der Waals surface area contributed by atoms with Gasteiger partial charge in [0.1, 0.15) is 0 Å².